The van der Waals surface area contributed by atoms with Crippen molar-refractivity contribution >= 4 is 34.0 Å². The number of rotatable bonds is 3. The van der Waals surface area contributed by atoms with E-state index < -0.39 is 0 Å². The van der Waals surface area contributed by atoms with E-state index in [4.69, 9.17) is 4.74 Å². The number of hydrogen-bond donors (Lipinski definition) is 0. The number of piperidine rings is 1. The second kappa shape index (κ2) is 7.42. The molecule has 0 unspecified atom stereocenters. The van der Waals surface area contributed by atoms with Crippen LogP contribution in [0.15, 0.2) is 48.5 Å². The molecule has 0 amide bonds. The molecule has 1 aliphatic rings. The molecule has 3 aromatic rings. The Morgan fingerprint density at radius 1 is 0.875 bits per heavy atom. The van der Waals surface area contributed by atoms with Crippen LogP contribution < -0.4 is 4.74 Å². The number of methoxy groups -OCH3 is 1. The van der Waals surface area contributed by atoms with E-state index in [2.05, 4.69) is 53.4 Å². The Morgan fingerprint density at radius 3 is 2.29 bits per heavy atom. The molecular weight excluding hydrogens is 318 g/mol. The summed E-state index contributed by atoms with van der Waals surface area (Å²) in [5.41, 5.74) is 1.33. The predicted octanol–water partition coefficient (Wildman–Crippen LogP) is 5.41. The van der Waals surface area contributed by atoms with Crippen LogP contribution in [-0.2, 0) is 6.54 Å². The third-order valence-electron chi connectivity index (χ3n) is 5.00. The first-order valence-electron chi connectivity index (χ1n) is 8.56. The lowest BCUT2D eigenvalue weighted by Crippen LogP contribution is -2.29. The Balaban J connectivity index is 0.00000169. The fourth-order valence-electron chi connectivity index (χ4n) is 3.75. The van der Waals surface area contributed by atoms with Crippen molar-refractivity contribution < 1.29 is 4.74 Å². The Labute approximate surface area is 149 Å². The maximum absolute atomic E-state index is 5.68. The molecule has 4 rings (SSSR count). The van der Waals surface area contributed by atoms with Gasteiger partial charge in [0.2, 0.25) is 0 Å². The third kappa shape index (κ3) is 3.22. The molecule has 3 heteroatoms. The molecule has 1 aliphatic heterocycles. The van der Waals surface area contributed by atoms with Crippen molar-refractivity contribution in [1.82, 2.24) is 4.90 Å². The van der Waals surface area contributed by atoms with Crippen LogP contribution in [-0.4, -0.2) is 25.1 Å². The first-order chi connectivity index (χ1) is 11.3. The van der Waals surface area contributed by atoms with Gasteiger partial charge in [-0.1, -0.05) is 36.8 Å². The minimum atomic E-state index is 0. The molecule has 2 nitrogen and oxygen atoms in total. The van der Waals surface area contributed by atoms with E-state index in [-0.39, 0.29) is 12.4 Å². The maximum atomic E-state index is 5.68. The van der Waals surface area contributed by atoms with Gasteiger partial charge in [0.1, 0.15) is 5.75 Å². The summed E-state index contributed by atoms with van der Waals surface area (Å²) in [5, 5.41) is 5.23. The average Bonchev–Trinajstić information content (AvgIpc) is 2.61. The molecule has 0 aromatic heterocycles. The lowest BCUT2D eigenvalue weighted by Gasteiger charge is -2.27. The summed E-state index contributed by atoms with van der Waals surface area (Å²) in [7, 11) is 1.78. The Morgan fingerprint density at radius 2 is 1.58 bits per heavy atom. The van der Waals surface area contributed by atoms with Crippen molar-refractivity contribution in [2.75, 3.05) is 20.2 Å². The quantitative estimate of drug-likeness (QED) is 0.590. The Hall–Kier alpha value is -1.77. The summed E-state index contributed by atoms with van der Waals surface area (Å²) in [4.78, 5) is 2.57. The van der Waals surface area contributed by atoms with Crippen molar-refractivity contribution in [3.05, 3.63) is 54.1 Å². The standard InChI is InChI=1S/C21H23NO.ClH/c1-23-21-10-9-18-13-16-7-3-4-8-17(16)14-19(18)20(21)15-22-11-5-2-6-12-22;/h3-4,7-10,13-14H,2,5-6,11-12,15H2,1H3;1H. The molecule has 0 aliphatic carbocycles. The minimum absolute atomic E-state index is 0. The molecule has 1 saturated heterocycles. The van der Waals surface area contributed by atoms with Crippen LogP contribution in [0, 0.1) is 0 Å². The molecule has 1 heterocycles. The molecule has 0 bridgehead atoms. The van der Waals surface area contributed by atoms with Crippen LogP contribution >= 0.6 is 12.4 Å². The predicted molar refractivity (Wildman–Crippen MR) is 104 cm³/mol. The van der Waals surface area contributed by atoms with Gasteiger partial charge in [-0.15, -0.1) is 12.4 Å². The van der Waals surface area contributed by atoms with Crippen LogP contribution in [0.3, 0.4) is 0 Å². The number of fused-ring (bicyclic) bond motifs is 2. The molecule has 0 atom stereocenters. The topological polar surface area (TPSA) is 12.5 Å². The number of hydrogen-bond acceptors (Lipinski definition) is 2. The number of halogens is 1. The van der Waals surface area contributed by atoms with Gasteiger partial charge in [0.15, 0.2) is 0 Å². The second-order valence-electron chi connectivity index (χ2n) is 6.50. The Bertz CT molecular complexity index is 840. The molecule has 0 saturated carbocycles. The van der Waals surface area contributed by atoms with Crippen LogP contribution in [0.25, 0.3) is 21.5 Å². The largest absolute Gasteiger partial charge is 0.496 e. The number of nitrogens with zero attached hydrogens (tertiary/aromatic N) is 1. The van der Waals surface area contributed by atoms with Gasteiger partial charge in [-0.3, -0.25) is 4.90 Å². The van der Waals surface area contributed by atoms with Crippen molar-refractivity contribution in [3.63, 3.8) is 0 Å². The van der Waals surface area contributed by atoms with Crippen LogP contribution in [0.2, 0.25) is 0 Å². The summed E-state index contributed by atoms with van der Waals surface area (Å²) in [5.74, 6) is 1.01. The van der Waals surface area contributed by atoms with Crippen LogP contribution in [0.4, 0.5) is 0 Å². The second-order valence-corrected chi connectivity index (χ2v) is 6.50. The monoisotopic (exact) mass is 341 g/mol. The Kier molecular flexibility index (Phi) is 5.27. The molecule has 0 N–H and O–H groups in total. The van der Waals surface area contributed by atoms with Crippen molar-refractivity contribution in [1.29, 1.82) is 0 Å². The maximum Gasteiger partial charge on any atom is 0.123 e. The highest BCUT2D eigenvalue weighted by Gasteiger charge is 2.15. The van der Waals surface area contributed by atoms with E-state index in [1.54, 1.807) is 7.11 Å². The summed E-state index contributed by atoms with van der Waals surface area (Å²) in [6.45, 7) is 3.39. The first kappa shape index (κ1) is 17.1. The van der Waals surface area contributed by atoms with Gasteiger partial charge in [0.05, 0.1) is 7.11 Å². The van der Waals surface area contributed by atoms with E-state index in [1.165, 1.54) is 59.5 Å². The van der Waals surface area contributed by atoms with E-state index in [9.17, 15) is 0 Å². The lowest BCUT2D eigenvalue weighted by atomic mass is 9.98. The molecule has 126 valence electrons. The SMILES string of the molecule is COc1ccc2cc3ccccc3cc2c1CN1CCCCC1.Cl. The van der Waals surface area contributed by atoms with Gasteiger partial charge in [0.25, 0.3) is 0 Å². The first-order valence-corrected chi connectivity index (χ1v) is 8.56. The number of ether oxygens (including phenoxy) is 1. The number of benzene rings is 3. The highest BCUT2D eigenvalue weighted by atomic mass is 35.5. The van der Waals surface area contributed by atoms with Gasteiger partial charge in [-0.25, -0.2) is 0 Å². The molecule has 24 heavy (non-hydrogen) atoms. The van der Waals surface area contributed by atoms with Gasteiger partial charge >= 0.3 is 0 Å². The van der Waals surface area contributed by atoms with Gasteiger partial charge in [0, 0.05) is 12.1 Å². The third-order valence-corrected chi connectivity index (χ3v) is 5.00. The zero-order valence-electron chi connectivity index (χ0n) is 14.1. The summed E-state index contributed by atoms with van der Waals surface area (Å²) in [6, 6.07) is 17.5. The molecule has 0 radical (unpaired) electrons. The molecule has 0 spiro atoms. The fraction of sp³-hybridized carbons (Fsp3) is 0.333. The van der Waals surface area contributed by atoms with Gasteiger partial charge in [-0.2, -0.15) is 0 Å². The highest BCUT2D eigenvalue weighted by molar-refractivity contribution is 6.00. The molecule has 3 aromatic carbocycles. The van der Waals surface area contributed by atoms with Crippen molar-refractivity contribution in [2.45, 2.75) is 25.8 Å². The number of likely N-dealkylation sites (tertiary alicyclic amines) is 1. The summed E-state index contributed by atoms with van der Waals surface area (Å²) < 4.78 is 5.68. The van der Waals surface area contributed by atoms with Crippen LogP contribution in [0.5, 0.6) is 5.75 Å². The summed E-state index contributed by atoms with van der Waals surface area (Å²) in [6.07, 6.45) is 4.00. The van der Waals surface area contributed by atoms with Crippen molar-refractivity contribution in [2.24, 2.45) is 0 Å². The minimum Gasteiger partial charge on any atom is -0.496 e. The molecule has 1 fully saturated rings. The zero-order chi connectivity index (χ0) is 15.6. The van der Waals surface area contributed by atoms with Gasteiger partial charge < -0.3 is 4.74 Å². The van der Waals surface area contributed by atoms with E-state index in [0.717, 1.165) is 12.3 Å². The van der Waals surface area contributed by atoms with E-state index in [1.807, 2.05) is 0 Å². The normalized spacial score (nSPS) is 15.4. The highest BCUT2D eigenvalue weighted by Crippen LogP contribution is 2.32. The van der Waals surface area contributed by atoms with Crippen molar-refractivity contribution in [3.8, 4) is 5.75 Å². The smallest absolute Gasteiger partial charge is 0.123 e. The average molecular weight is 342 g/mol. The van der Waals surface area contributed by atoms with E-state index >= 15 is 0 Å². The van der Waals surface area contributed by atoms with Crippen LogP contribution in [0.1, 0.15) is 24.8 Å². The summed E-state index contributed by atoms with van der Waals surface area (Å²) >= 11 is 0. The lowest BCUT2D eigenvalue weighted by molar-refractivity contribution is 0.219. The zero-order valence-corrected chi connectivity index (χ0v) is 14.9. The van der Waals surface area contributed by atoms with E-state index in [0.29, 0.717) is 0 Å². The fourth-order valence-corrected chi connectivity index (χ4v) is 3.75. The van der Waals surface area contributed by atoms with Gasteiger partial charge in [-0.05, 0) is 65.7 Å². The molecular formula is C21H24ClNO.